The number of unbranched alkanes of at least 4 members (excludes halogenated alkanes) is 1. The molecular formula is C28H51N. The summed E-state index contributed by atoms with van der Waals surface area (Å²) in [5.74, 6) is 2.71. The highest BCUT2D eigenvalue weighted by Crippen LogP contribution is 2.25. The van der Waals surface area contributed by atoms with Crippen molar-refractivity contribution < 1.29 is 0 Å². The lowest BCUT2D eigenvalue weighted by molar-refractivity contribution is 0.362. The van der Waals surface area contributed by atoms with Crippen molar-refractivity contribution in [1.29, 1.82) is 0 Å². The first-order chi connectivity index (χ1) is 13.7. The van der Waals surface area contributed by atoms with E-state index in [-0.39, 0.29) is 0 Å². The van der Waals surface area contributed by atoms with E-state index in [2.05, 4.69) is 105 Å². The zero-order chi connectivity index (χ0) is 22.4. The van der Waals surface area contributed by atoms with Crippen molar-refractivity contribution in [2.24, 2.45) is 23.7 Å². The third-order valence-electron chi connectivity index (χ3n) is 6.39. The topological polar surface area (TPSA) is 12.0 Å². The van der Waals surface area contributed by atoms with Gasteiger partial charge < -0.3 is 5.32 Å². The molecule has 1 N–H and O–H groups in total. The Morgan fingerprint density at radius 3 is 2.07 bits per heavy atom. The van der Waals surface area contributed by atoms with Crippen LogP contribution in [0.4, 0.5) is 0 Å². The highest BCUT2D eigenvalue weighted by atomic mass is 14.9. The van der Waals surface area contributed by atoms with Gasteiger partial charge >= 0.3 is 0 Å². The molecule has 0 aliphatic carbocycles. The van der Waals surface area contributed by atoms with Gasteiger partial charge in [-0.2, -0.15) is 0 Å². The van der Waals surface area contributed by atoms with Crippen molar-refractivity contribution in [2.45, 2.75) is 101 Å². The van der Waals surface area contributed by atoms with Gasteiger partial charge in [0.1, 0.15) is 0 Å². The molecule has 29 heavy (non-hydrogen) atoms. The predicted octanol–water partition coefficient (Wildman–Crippen LogP) is 8.50. The summed E-state index contributed by atoms with van der Waals surface area (Å²) in [7, 11) is 0. The first-order valence-corrected chi connectivity index (χ1v) is 12.1. The van der Waals surface area contributed by atoms with E-state index in [1.165, 1.54) is 23.1 Å². The molecule has 0 aromatic carbocycles. The molecule has 0 rings (SSSR count). The fourth-order valence-electron chi connectivity index (χ4n) is 3.07. The third-order valence-corrected chi connectivity index (χ3v) is 6.39. The first kappa shape index (κ1) is 27.9. The highest BCUT2D eigenvalue weighted by Gasteiger charge is 2.14. The van der Waals surface area contributed by atoms with Gasteiger partial charge in [0.2, 0.25) is 0 Å². The Bertz CT molecular complexity index is 545. The Morgan fingerprint density at radius 1 is 0.931 bits per heavy atom. The largest absolute Gasteiger partial charge is 0.313 e. The van der Waals surface area contributed by atoms with Gasteiger partial charge in [-0.15, -0.1) is 0 Å². The first-order valence-electron chi connectivity index (χ1n) is 12.1. The molecule has 0 saturated heterocycles. The summed E-state index contributed by atoms with van der Waals surface area (Å²) in [6.07, 6.45) is 16.3. The van der Waals surface area contributed by atoms with Crippen LogP contribution in [0, 0.1) is 23.7 Å². The lowest BCUT2D eigenvalue weighted by Gasteiger charge is -2.24. The highest BCUT2D eigenvalue weighted by molar-refractivity contribution is 5.46. The maximum absolute atomic E-state index is 3.84. The molecule has 168 valence electrons. The van der Waals surface area contributed by atoms with Crippen LogP contribution < -0.4 is 5.32 Å². The second-order valence-corrected chi connectivity index (χ2v) is 9.50. The van der Waals surface area contributed by atoms with E-state index in [4.69, 9.17) is 0 Å². The predicted molar refractivity (Wildman–Crippen MR) is 134 cm³/mol. The summed E-state index contributed by atoms with van der Waals surface area (Å²) in [6, 6.07) is 0.531. The average Bonchev–Trinajstić information content (AvgIpc) is 2.69. The molecule has 0 aliphatic heterocycles. The lowest BCUT2D eigenvalue weighted by Crippen LogP contribution is -2.34. The fraction of sp³-hybridized carbons (Fsp3) is 0.714. The monoisotopic (exact) mass is 401 g/mol. The average molecular weight is 402 g/mol. The molecule has 0 fully saturated rings. The van der Waals surface area contributed by atoms with Crippen LogP contribution in [0.25, 0.3) is 0 Å². The van der Waals surface area contributed by atoms with Crippen LogP contribution >= 0.6 is 0 Å². The number of nitrogens with one attached hydrogen (secondary N) is 1. The molecule has 0 radical (unpaired) electrons. The minimum atomic E-state index is 0.531. The molecule has 0 spiro atoms. The third kappa shape index (κ3) is 11.6. The second-order valence-electron chi connectivity index (χ2n) is 9.50. The molecule has 3 atom stereocenters. The van der Waals surface area contributed by atoms with Crippen molar-refractivity contribution in [3.63, 3.8) is 0 Å². The lowest BCUT2D eigenvalue weighted by atomic mass is 9.91. The minimum Gasteiger partial charge on any atom is -0.313 e. The molecule has 0 aliphatic rings. The molecule has 0 aromatic heterocycles. The summed E-state index contributed by atoms with van der Waals surface area (Å²) < 4.78 is 0. The molecular weight excluding hydrogens is 350 g/mol. The van der Waals surface area contributed by atoms with Crippen molar-refractivity contribution >= 4 is 0 Å². The van der Waals surface area contributed by atoms with Crippen LogP contribution in [0.3, 0.4) is 0 Å². The van der Waals surface area contributed by atoms with Crippen LogP contribution in [-0.2, 0) is 0 Å². The SMILES string of the molecule is C\C=C(C[C@@H](CC)NCC(C)C(C)C)/C(/C=C\CCC)=C(C)/C=C/[C@H](C)C(C)C. The van der Waals surface area contributed by atoms with Crippen molar-refractivity contribution in [2.75, 3.05) is 6.54 Å². The fourth-order valence-corrected chi connectivity index (χ4v) is 3.07. The van der Waals surface area contributed by atoms with Gasteiger partial charge in [0.25, 0.3) is 0 Å². The quantitative estimate of drug-likeness (QED) is 0.288. The van der Waals surface area contributed by atoms with Crippen LogP contribution in [-0.4, -0.2) is 12.6 Å². The number of hydrogen-bond acceptors (Lipinski definition) is 1. The normalized spacial score (nSPS) is 17.4. The van der Waals surface area contributed by atoms with E-state index in [1.54, 1.807) is 0 Å². The van der Waals surface area contributed by atoms with E-state index in [0.29, 0.717) is 23.8 Å². The molecule has 1 unspecified atom stereocenters. The number of rotatable bonds is 14. The molecule has 0 bridgehead atoms. The zero-order valence-corrected chi connectivity index (χ0v) is 21.3. The minimum absolute atomic E-state index is 0.531. The Kier molecular flexibility index (Phi) is 15.1. The van der Waals surface area contributed by atoms with Gasteiger partial charge in [0, 0.05) is 6.04 Å². The maximum atomic E-state index is 3.84. The van der Waals surface area contributed by atoms with E-state index < -0.39 is 0 Å². The van der Waals surface area contributed by atoms with Crippen molar-refractivity contribution in [3.8, 4) is 0 Å². The van der Waals surface area contributed by atoms with E-state index in [9.17, 15) is 0 Å². The van der Waals surface area contributed by atoms with Crippen molar-refractivity contribution in [1.82, 2.24) is 5.32 Å². The summed E-state index contributed by atoms with van der Waals surface area (Å²) >= 11 is 0. The Hall–Kier alpha value is -1.08. The summed E-state index contributed by atoms with van der Waals surface area (Å²) in [4.78, 5) is 0. The number of allylic oxidation sites excluding steroid dienone is 7. The molecule has 0 heterocycles. The van der Waals surface area contributed by atoms with Gasteiger partial charge in [0.15, 0.2) is 0 Å². The van der Waals surface area contributed by atoms with Gasteiger partial charge in [-0.3, -0.25) is 0 Å². The van der Waals surface area contributed by atoms with Crippen molar-refractivity contribution in [3.05, 3.63) is 47.1 Å². The van der Waals surface area contributed by atoms with Gasteiger partial charge in [0.05, 0.1) is 0 Å². The van der Waals surface area contributed by atoms with Crippen LogP contribution in [0.15, 0.2) is 47.1 Å². The molecule has 1 heteroatoms. The van der Waals surface area contributed by atoms with Gasteiger partial charge in [-0.1, -0.05) is 92.2 Å². The molecule has 0 saturated carbocycles. The van der Waals surface area contributed by atoms with E-state index in [0.717, 1.165) is 31.7 Å². The van der Waals surface area contributed by atoms with E-state index in [1.807, 2.05) is 0 Å². The van der Waals surface area contributed by atoms with E-state index >= 15 is 0 Å². The molecule has 0 aromatic rings. The van der Waals surface area contributed by atoms with Crippen LogP contribution in [0.2, 0.25) is 0 Å². The number of hydrogen-bond donors (Lipinski definition) is 1. The Balaban J connectivity index is 5.55. The zero-order valence-electron chi connectivity index (χ0n) is 21.3. The molecule has 1 nitrogen and oxygen atoms in total. The Morgan fingerprint density at radius 2 is 1.59 bits per heavy atom. The second kappa shape index (κ2) is 15.7. The summed E-state index contributed by atoms with van der Waals surface area (Å²) in [6.45, 7) is 24.0. The van der Waals surface area contributed by atoms with Crippen LogP contribution in [0.1, 0.15) is 94.9 Å². The van der Waals surface area contributed by atoms with Gasteiger partial charge in [-0.05, 0) is 80.0 Å². The molecule has 0 amide bonds. The maximum Gasteiger partial charge on any atom is 0.0105 e. The van der Waals surface area contributed by atoms with Crippen LogP contribution in [0.5, 0.6) is 0 Å². The summed E-state index contributed by atoms with van der Waals surface area (Å²) in [5, 5.41) is 3.84. The summed E-state index contributed by atoms with van der Waals surface area (Å²) in [5.41, 5.74) is 4.25. The van der Waals surface area contributed by atoms with Gasteiger partial charge in [-0.25, -0.2) is 0 Å². The standard InChI is InChI=1S/C28H51N/c1-11-14-15-16-28(24(9)18-17-23(8)21(4)5)26(12-2)19-27(13-3)29-20-25(10)22(6)7/h12,15-18,21-23,25,27,29H,11,13-14,19-20H2,1-10H3/b16-15-,18-17+,26-12-,28-24+/t23-,25?,27+/m0/s1. The Labute approximate surface area is 183 Å². The smallest absolute Gasteiger partial charge is 0.0105 e.